The van der Waals surface area contributed by atoms with Gasteiger partial charge < -0.3 is 15.4 Å². The minimum atomic E-state index is -0.133. The molecule has 0 bridgehead atoms. The zero-order valence-corrected chi connectivity index (χ0v) is 13.4. The van der Waals surface area contributed by atoms with Gasteiger partial charge in [-0.3, -0.25) is 0 Å². The Morgan fingerprint density at radius 1 is 1.04 bits per heavy atom. The predicted octanol–water partition coefficient (Wildman–Crippen LogP) is 4.64. The fourth-order valence-corrected chi connectivity index (χ4v) is 3.98. The van der Waals surface area contributed by atoms with Crippen LogP contribution in [0.1, 0.15) is 31.7 Å². The first-order valence-corrected chi connectivity index (χ1v) is 8.39. The SMILES string of the molecule is CCC1(CCCO)Nc2ccccc2-c2[nH]c3ccccc3c21. The molecular formula is C20H22N2O. The molecule has 1 aliphatic heterocycles. The highest BCUT2D eigenvalue weighted by molar-refractivity contribution is 5.97. The molecule has 0 saturated heterocycles. The summed E-state index contributed by atoms with van der Waals surface area (Å²) in [4.78, 5) is 3.64. The number of H-pyrrole nitrogens is 1. The molecule has 23 heavy (non-hydrogen) atoms. The summed E-state index contributed by atoms with van der Waals surface area (Å²) in [5.41, 5.74) is 6.02. The average molecular weight is 306 g/mol. The van der Waals surface area contributed by atoms with E-state index in [0.29, 0.717) is 0 Å². The van der Waals surface area contributed by atoms with E-state index in [2.05, 4.69) is 65.8 Å². The third-order valence-electron chi connectivity index (χ3n) is 5.12. The van der Waals surface area contributed by atoms with Crippen LogP contribution < -0.4 is 5.32 Å². The van der Waals surface area contributed by atoms with Crippen molar-refractivity contribution in [2.45, 2.75) is 31.7 Å². The van der Waals surface area contributed by atoms with E-state index in [-0.39, 0.29) is 12.1 Å². The van der Waals surface area contributed by atoms with Crippen LogP contribution in [0.2, 0.25) is 0 Å². The van der Waals surface area contributed by atoms with Crippen LogP contribution in [0.5, 0.6) is 0 Å². The molecule has 3 aromatic rings. The third-order valence-corrected chi connectivity index (χ3v) is 5.12. The van der Waals surface area contributed by atoms with E-state index in [4.69, 9.17) is 0 Å². The van der Waals surface area contributed by atoms with Crippen molar-refractivity contribution >= 4 is 16.6 Å². The molecule has 118 valence electrons. The molecule has 0 aliphatic carbocycles. The Hall–Kier alpha value is -2.26. The molecule has 1 aromatic heterocycles. The maximum Gasteiger partial charge on any atom is 0.0651 e. The van der Waals surface area contributed by atoms with E-state index in [0.717, 1.165) is 19.3 Å². The Morgan fingerprint density at radius 2 is 1.83 bits per heavy atom. The molecule has 0 radical (unpaired) electrons. The smallest absolute Gasteiger partial charge is 0.0651 e. The van der Waals surface area contributed by atoms with Gasteiger partial charge in [0.05, 0.1) is 11.2 Å². The molecule has 3 N–H and O–H groups in total. The van der Waals surface area contributed by atoms with Crippen molar-refractivity contribution in [1.29, 1.82) is 0 Å². The number of anilines is 1. The minimum Gasteiger partial charge on any atom is -0.396 e. The molecule has 0 saturated carbocycles. The van der Waals surface area contributed by atoms with E-state index in [1.165, 1.54) is 33.4 Å². The zero-order chi connectivity index (χ0) is 15.9. The topological polar surface area (TPSA) is 48.0 Å². The second kappa shape index (κ2) is 5.43. The van der Waals surface area contributed by atoms with Crippen molar-refractivity contribution in [3.63, 3.8) is 0 Å². The maximum absolute atomic E-state index is 9.38. The highest BCUT2D eigenvalue weighted by Crippen LogP contribution is 2.49. The van der Waals surface area contributed by atoms with Gasteiger partial charge in [-0.05, 0) is 31.4 Å². The Morgan fingerprint density at radius 3 is 2.65 bits per heavy atom. The monoisotopic (exact) mass is 306 g/mol. The number of fused-ring (bicyclic) bond motifs is 5. The first-order chi connectivity index (χ1) is 11.3. The number of aromatic amines is 1. The van der Waals surface area contributed by atoms with Crippen molar-refractivity contribution in [3.05, 3.63) is 54.1 Å². The molecule has 1 atom stereocenters. The lowest BCUT2D eigenvalue weighted by atomic mass is 9.77. The molecule has 2 aromatic carbocycles. The summed E-state index contributed by atoms with van der Waals surface area (Å²) < 4.78 is 0. The van der Waals surface area contributed by atoms with Gasteiger partial charge in [-0.2, -0.15) is 0 Å². The summed E-state index contributed by atoms with van der Waals surface area (Å²) in [6.07, 6.45) is 2.70. The van der Waals surface area contributed by atoms with Gasteiger partial charge in [0.1, 0.15) is 0 Å². The largest absolute Gasteiger partial charge is 0.396 e. The Labute approximate surface area is 136 Å². The first-order valence-electron chi connectivity index (χ1n) is 8.39. The predicted molar refractivity (Wildman–Crippen MR) is 95.6 cm³/mol. The molecule has 1 unspecified atom stereocenters. The van der Waals surface area contributed by atoms with Crippen molar-refractivity contribution in [3.8, 4) is 11.3 Å². The lowest BCUT2D eigenvalue weighted by Gasteiger charge is -2.40. The number of hydrogen-bond acceptors (Lipinski definition) is 2. The summed E-state index contributed by atoms with van der Waals surface area (Å²) in [7, 11) is 0. The summed E-state index contributed by atoms with van der Waals surface area (Å²) in [6, 6.07) is 17.0. The summed E-state index contributed by atoms with van der Waals surface area (Å²) >= 11 is 0. The molecule has 3 heteroatoms. The van der Waals surface area contributed by atoms with Gasteiger partial charge in [0.15, 0.2) is 0 Å². The number of hydrogen-bond donors (Lipinski definition) is 3. The average Bonchev–Trinajstić information content (AvgIpc) is 3.00. The van der Waals surface area contributed by atoms with Crippen molar-refractivity contribution in [2.24, 2.45) is 0 Å². The third kappa shape index (κ3) is 2.07. The van der Waals surface area contributed by atoms with E-state index in [1.807, 2.05) is 0 Å². The van der Waals surface area contributed by atoms with Crippen molar-refractivity contribution < 1.29 is 5.11 Å². The highest BCUT2D eigenvalue weighted by Gasteiger charge is 2.39. The van der Waals surface area contributed by atoms with Gasteiger partial charge in [-0.15, -0.1) is 0 Å². The summed E-state index contributed by atoms with van der Waals surface area (Å²) in [6.45, 7) is 2.45. The fraction of sp³-hybridized carbons (Fsp3) is 0.300. The second-order valence-corrected chi connectivity index (χ2v) is 6.35. The molecule has 2 heterocycles. The van der Waals surface area contributed by atoms with Gasteiger partial charge in [-0.25, -0.2) is 0 Å². The Kier molecular flexibility index (Phi) is 3.38. The number of benzene rings is 2. The number of para-hydroxylation sites is 2. The molecule has 0 fully saturated rings. The lowest BCUT2D eigenvalue weighted by Crippen LogP contribution is -2.37. The highest BCUT2D eigenvalue weighted by atomic mass is 16.2. The quantitative estimate of drug-likeness (QED) is 0.657. The number of nitrogens with one attached hydrogen (secondary N) is 2. The number of aliphatic hydroxyl groups is 1. The summed E-state index contributed by atoms with van der Waals surface area (Å²) in [5, 5.41) is 14.5. The van der Waals surface area contributed by atoms with Crippen LogP contribution in [0.4, 0.5) is 5.69 Å². The van der Waals surface area contributed by atoms with Crippen molar-refractivity contribution in [1.82, 2.24) is 4.98 Å². The van der Waals surface area contributed by atoms with Gasteiger partial charge in [0.2, 0.25) is 0 Å². The molecule has 0 spiro atoms. The first kappa shape index (κ1) is 14.3. The molecule has 3 nitrogen and oxygen atoms in total. The van der Waals surface area contributed by atoms with E-state index < -0.39 is 0 Å². The van der Waals surface area contributed by atoms with Gasteiger partial charge in [0, 0.05) is 34.3 Å². The molecular weight excluding hydrogens is 284 g/mol. The van der Waals surface area contributed by atoms with Gasteiger partial charge in [-0.1, -0.05) is 43.3 Å². The van der Waals surface area contributed by atoms with E-state index in [1.54, 1.807) is 0 Å². The van der Waals surface area contributed by atoms with Crippen LogP contribution in [0.25, 0.3) is 22.2 Å². The second-order valence-electron chi connectivity index (χ2n) is 6.35. The molecule has 4 rings (SSSR count). The molecule has 0 amide bonds. The minimum absolute atomic E-state index is 0.133. The van der Waals surface area contributed by atoms with Crippen LogP contribution in [0, 0.1) is 0 Å². The van der Waals surface area contributed by atoms with Gasteiger partial charge in [0.25, 0.3) is 0 Å². The van der Waals surface area contributed by atoms with Crippen LogP contribution in [0.3, 0.4) is 0 Å². The zero-order valence-electron chi connectivity index (χ0n) is 13.4. The Balaban J connectivity index is 2.03. The maximum atomic E-state index is 9.38. The standard InChI is InChI=1S/C20H22N2O/c1-2-20(12-7-13-23)18-14-8-3-5-10-16(14)21-19(18)15-9-4-6-11-17(15)22-20/h3-6,8-11,21-23H,2,7,12-13H2,1H3. The summed E-state index contributed by atoms with van der Waals surface area (Å²) in [5.74, 6) is 0. The van der Waals surface area contributed by atoms with Crippen LogP contribution in [-0.4, -0.2) is 16.7 Å². The Bertz CT molecular complexity index is 852. The normalized spacial score (nSPS) is 19.2. The van der Waals surface area contributed by atoms with Crippen LogP contribution in [0.15, 0.2) is 48.5 Å². The number of aliphatic hydroxyl groups excluding tert-OH is 1. The van der Waals surface area contributed by atoms with Crippen LogP contribution in [-0.2, 0) is 5.54 Å². The fourth-order valence-electron chi connectivity index (χ4n) is 3.98. The van der Waals surface area contributed by atoms with Crippen molar-refractivity contribution in [2.75, 3.05) is 11.9 Å². The lowest BCUT2D eigenvalue weighted by molar-refractivity contribution is 0.265. The molecule has 1 aliphatic rings. The van der Waals surface area contributed by atoms with Gasteiger partial charge >= 0.3 is 0 Å². The van der Waals surface area contributed by atoms with Crippen LogP contribution >= 0.6 is 0 Å². The number of aromatic nitrogens is 1. The van der Waals surface area contributed by atoms with E-state index >= 15 is 0 Å². The van der Waals surface area contributed by atoms with E-state index in [9.17, 15) is 5.11 Å². The number of rotatable bonds is 4.